The quantitative estimate of drug-likeness (QED) is 0.0444. The first-order valence-electron chi connectivity index (χ1n) is 23.5. The molecule has 1 aromatic rings. The molecule has 1 aromatic carbocycles. The van der Waals surface area contributed by atoms with E-state index in [1.807, 2.05) is 19.9 Å². The van der Waals surface area contributed by atoms with Crippen molar-refractivity contribution in [3.05, 3.63) is 35.9 Å². The number of unbranched alkanes of at least 4 members (excludes halogenated alkanes) is 20. The van der Waals surface area contributed by atoms with Gasteiger partial charge in [0.05, 0.1) is 12.6 Å². The second-order valence-corrected chi connectivity index (χ2v) is 17.2. The summed E-state index contributed by atoms with van der Waals surface area (Å²) in [5.74, 6) is -0.817. The van der Waals surface area contributed by atoms with E-state index in [1.165, 1.54) is 88.4 Å². The molecule has 12 heteroatoms. The summed E-state index contributed by atoms with van der Waals surface area (Å²) >= 11 is 0. The number of aliphatic hydroxyl groups excluding tert-OH is 3. The highest BCUT2D eigenvalue weighted by atomic mass is 16.6. The number of carbonyl (C=O) groups is 3. The van der Waals surface area contributed by atoms with Crippen LogP contribution in [0.1, 0.15) is 181 Å². The molecule has 2 rings (SSSR count). The Morgan fingerprint density at radius 1 is 0.746 bits per heavy atom. The number of hydrogen-bond donors (Lipinski definition) is 5. The van der Waals surface area contributed by atoms with E-state index in [4.69, 9.17) is 15.2 Å². The molecule has 59 heavy (non-hydrogen) atoms. The van der Waals surface area contributed by atoms with Crippen LogP contribution in [0.4, 0.5) is 9.59 Å². The third kappa shape index (κ3) is 20.6. The minimum absolute atomic E-state index is 0.00256. The van der Waals surface area contributed by atoms with Gasteiger partial charge in [-0.1, -0.05) is 186 Å². The van der Waals surface area contributed by atoms with E-state index >= 15 is 0 Å². The first kappa shape index (κ1) is 52.4. The van der Waals surface area contributed by atoms with Crippen molar-refractivity contribution in [2.75, 3.05) is 19.7 Å². The van der Waals surface area contributed by atoms with Crippen LogP contribution in [0.5, 0.6) is 0 Å². The van der Waals surface area contributed by atoms with E-state index < -0.39 is 61.3 Å². The van der Waals surface area contributed by atoms with Crippen LogP contribution >= 0.6 is 0 Å². The van der Waals surface area contributed by atoms with Crippen molar-refractivity contribution in [1.82, 2.24) is 15.1 Å². The minimum Gasteiger partial charge on any atom is -0.444 e. The van der Waals surface area contributed by atoms with Crippen molar-refractivity contribution in [3.63, 3.8) is 0 Å². The van der Waals surface area contributed by atoms with E-state index in [2.05, 4.69) is 19.2 Å². The first-order chi connectivity index (χ1) is 28.6. The summed E-state index contributed by atoms with van der Waals surface area (Å²) in [7, 11) is 0. The van der Waals surface area contributed by atoms with Crippen molar-refractivity contribution < 1.29 is 39.2 Å². The zero-order valence-corrected chi connectivity index (χ0v) is 37.4. The molecule has 1 heterocycles. The summed E-state index contributed by atoms with van der Waals surface area (Å²) in [6.45, 7) is 8.04. The van der Waals surface area contributed by atoms with E-state index in [9.17, 15) is 29.7 Å². The summed E-state index contributed by atoms with van der Waals surface area (Å²) in [6.07, 6.45) is 18.2. The highest BCUT2D eigenvalue weighted by Crippen LogP contribution is 2.30. The van der Waals surface area contributed by atoms with E-state index in [0.717, 1.165) is 56.3 Å². The van der Waals surface area contributed by atoms with Gasteiger partial charge in [-0.05, 0) is 30.7 Å². The van der Waals surface area contributed by atoms with Crippen LogP contribution in [0.3, 0.4) is 0 Å². The highest BCUT2D eigenvalue weighted by Gasteiger charge is 2.53. The van der Waals surface area contributed by atoms with Crippen LogP contribution in [0.2, 0.25) is 0 Å². The molecule has 1 aliphatic rings. The number of ether oxygens (including phenoxy) is 2. The van der Waals surface area contributed by atoms with E-state index in [0.29, 0.717) is 18.5 Å². The number of nitrogens with one attached hydrogen (secondary N) is 1. The van der Waals surface area contributed by atoms with Gasteiger partial charge in [-0.25, -0.2) is 14.5 Å². The highest BCUT2D eigenvalue weighted by molar-refractivity contribution is 5.95. The van der Waals surface area contributed by atoms with Crippen molar-refractivity contribution in [1.29, 1.82) is 0 Å². The van der Waals surface area contributed by atoms with Gasteiger partial charge in [0.2, 0.25) is 5.91 Å². The number of rotatable bonds is 32. The predicted molar refractivity (Wildman–Crippen MR) is 235 cm³/mol. The molecule has 1 fully saturated rings. The van der Waals surface area contributed by atoms with E-state index in [-0.39, 0.29) is 25.5 Å². The molecule has 0 bridgehead atoms. The summed E-state index contributed by atoms with van der Waals surface area (Å²) in [5, 5.41) is 36.2. The normalized spacial score (nSPS) is 19.7. The van der Waals surface area contributed by atoms with Crippen LogP contribution < -0.4 is 11.1 Å². The average molecular weight is 833 g/mol. The molecule has 0 aliphatic carbocycles. The zero-order valence-electron chi connectivity index (χ0n) is 37.4. The Hall–Kier alpha value is -2.77. The molecular formula is C47H84N4O8. The number of nitrogens with zero attached hydrogens (tertiary/aromatic N) is 2. The van der Waals surface area contributed by atoms with Crippen LogP contribution in [0, 0.1) is 5.92 Å². The van der Waals surface area contributed by atoms with Gasteiger partial charge in [-0.15, -0.1) is 0 Å². The van der Waals surface area contributed by atoms with Crippen molar-refractivity contribution in [2.24, 2.45) is 11.7 Å². The molecule has 0 spiro atoms. The summed E-state index contributed by atoms with van der Waals surface area (Å²) < 4.78 is 11.9. The monoisotopic (exact) mass is 833 g/mol. The lowest BCUT2D eigenvalue weighted by atomic mass is 9.93. The Balaban J connectivity index is 2.27. The molecule has 0 saturated carbocycles. The molecular weight excluding hydrogens is 749 g/mol. The molecule has 340 valence electrons. The maximum absolute atomic E-state index is 14.2. The van der Waals surface area contributed by atoms with Gasteiger partial charge < -0.3 is 35.8 Å². The number of aliphatic hydroxyl groups is 3. The lowest BCUT2D eigenvalue weighted by Crippen LogP contribution is -2.72. The molecule has 0 aromatic heterocycles. The summed E-state index contributed by atoms with van der Waals surface area (Å²) in [5.41, 5.74) is 7.08. The van der Waals surface area contributed by atoms with Crippen LogP contribution in [0.25, 0.3) is 0 Å². The molecule has 6 N–H and O–H groups in total. The number of carbonyl (C=O) groups excluding carboxylic acids is 3. The number of amides is 4. The van der Waals surface area contributed by atoms with E-state index in [1.54, 1.807) is 24.3 Å². The Bertz CT molecular complexity index is 1240. The van der Waals surface area contributed by atoms with Gasteiger partial charge in [0.15, 0.2) is 6.23 Å². The lowest BCUT2D eigenvalue weighted by molar-refractivity contribution is -0.238. The fourth-order valence-electron chi connectivity index (χ4n) is 7.93. The van der Waals surface area contributed by atoms with Gasteiger partial charge in [0, 0.05) is 13.1 Å². The fourth-order valence-corrected chi connectivity index (χ4v) is 7.93. The number of imide groups is 1. The number of nitrogens with two attached hydrogens (primary N) is 1. The molecule has 0 radical (unpaired) electrons. The number of hydrogen-bond acceptors (Lipinski definition) is 9. The van der Waals surface area contributed by atoms with Crippen molar-refractivity contribution in [3.8, 4) is 0 Å². The lowest BCUT2D eigenvalue weighted by Gasteiger charge is -2.49. The maximum Gasteiger partial charge on any atom is 0.417 e. The molecule has 4 amide bonds. The van der Waals surface area contributed by atoms with Gasteiger partial charge in [0.1, 0.15) is 31.0 Å². The minimum atomic E-state index is -1.79. The summed E-state index contributed by atoms with van der Waals surface area (Å²) in [6, 6.07) is 5.77. The van der Waals surface area contributed by atoms with Gasteiger partial charge >= 0.3 is 12.1 Å². The summed E-state index contributed by atoms with van der Waals surface area (Å²) in [4.78, 5) is 44.6. The second-order valence-electron chi connectivity index (χ2n) is 17.2. The Kier molecular flexibility index (Phi) is 28.4. The van der Waals surface area contributed by atoms with Gasteiger partial charge in [0.25, 0.3) is 0 Å². The largest absolute Gasteiger partial charge is 0.444 e. The number of benzene rings is 1. The molecule has 1 aliphatic heterocycles. The van der Waals surface area contributed by atoms with Crippen molar-refractivity contribution in [2.45, 2.75) is 219 Å². The fraction of sp³-hybridized carbons (Fsp3) is 0.809. The molecule has 0 unspecified atom stereocenters. The Morgan fingerprint density at radius 2 is 1.24 bits per heavy atom. The third-order valence-corrected chi connectivity index (χ3v) is 11.5. The van der Waals surface area contributed by atoms with Crippen LogP contribution in [-0.4, -0.2) is 99.5 Å². The smallest absolute Gasteiger partial charge is 0.417 e. The van der Waals surface area contributed by atoms with Gasteiger partial charge in [-0.2, -0.15) is 0 Å². The predicted octanol–water partition coefficient (Wildman–Crippen LogP) is 8.97. The topological polar surface area (TPSA) is 175 Å². The van der Waals surface area contributed by atoms with Crippen LogP contribution in [-0.2, 0) is 20.9 Å². The van der Waals surface area contributed by atoms with Crippen LogP contribution in [0.15, 0.2) is 30.3 Å². The Morgan fingerprint density at radius 3 is 1.73 bits per heavy atom. The SMILES string of the molecule is CCCCCCCCCCCCCCNC(=O)N(CCCCCCCCCCCC)[C@@H]1O[C@H](CO)[C@@H](O)[C@H](O)[C@H]1N(C(=O)OCc1ccccc1)C(=O)[C@@H](N)CC(C)C. The first-order valence-corrected chi connectivity index (χ1v) is 23.5. The molecule has 12 nitrogen and oxygen atoms in total. The standard InChI is InChI=1S/C47H84N4O8/c1-5-7-9-11-13-15-17-18-19-21-23-28-32-49-46(56)50(33-29-24-22-20-16-14-12-10-8-6-2)45-41(43(54)42(53)40(35-52)59-45)51(44(55)39(48)34-37(3)4)47(57)58-36-38-30-26-25-27-31-38/h25-27,30-31,37,39-43,45,52-54H,5-24,28-29,32-36,48H2,1-4H3,(H,49,56)/t39-,40+,41+,42+,43+,45+/m0/s1. The molecule has 6 atom stereocenters. The van der Waals surface area contributed by atoms with Crippen molar-refractivity contribution >= 4 is 18.0 Å². The average Bonchev–Trinajstić information content (AvgIpc) is 3.22. The number of urea groups is 1. The molecule has 1 saturated heterocycles. The zero-order chi connectivity index (χ0) is 43.3. The second kappa shape index (κ2) is 32.0. The maximum atomic E-state index is 14.2. The third-order valence-electron chi connectivity index (χ3n) is 11.5. The van der Waals surface area contributed by atoms with Gasteiger partial charge in [-0.3, -0.25) is 9.69 Å². The Labute approximate surface area is 357 Å².